The number of hydrogen-bond acceptors (Lipinski definition) is 5. The highest BCUT2D eigenvalue weighted by molar-refractivity contribution is 7.84. The Morgan fingerprint density at radius 1 is 1.60 bits per heavy atom. The number of rotatable bonds is 8. The van der Waals surface area contributed by atoms with Gasteiger partial charge in [-0.25, -0.2) is 4.79 Å². The summed E-state index contributed by atoms with van der Waals surface area (Å²) in [6.07, 6.45) is 4.07. The Balaban J connectivity index is 2.53. The Morgan fingerprint density at radius 3 is 2.90 bits per heavy atom. The van der Waals surface area contributed by atoms with Gasteiger partial charge >= 0.3 is 5.97 Å². The molecule has 0 radical (unpaired) electrons. The van der Waals surface area contributed by atoms with Crippen LogP contribution in [0.3, 0.4) is 0 Å². The number of carbonyl (C=O) groups is 1. The lowest BCUT2D eigenvalue weighted by Gasteiger charge is -2.10. The van der Waals surface area contributed by atoms with Gasteiger partial charge in [-0.1, -0.05) is 6.92 Å². The van der Waals surface area contributed by atoms with Crippen LogP contribution in [0.4, 0.5) is 0 Å². The van der Waals surface area contributed by atoms with E-state index in [1.54, 1.807) is 24.9 Å². The lowest BCUT2D eigenvalue weighted by atomic mass is 10.2. The summed E-state index contributed by atoms with van der Waals surface area (Å²) in [5, 5.41) is 7.50. The van der Waals surface area contributed by atoms with Crippen molar-refractivity contribution in [2.75, 3.05) is 19.4 Å². The van der Waals surface area contributed by atoms with Crippen LogP contribution in [0, 0.1) is 0 Å². The van der Waals surface area contributed by atoms with E-state index in [0.29, 0.717) is 18.7 Å². The molecule has 0 fully saturated rings. The molecule has 0 aliphatic rings. The van der Waals surface area contributed by atoms with Gasteiger partial charge in [0.1, 0.15) is 5.56 Å². The minimum absolute atomic E-state index is 0.165. The van der Waals surface area contributed by atoms with Crippen LogP contribution in [-0.2, 0) is 29.1 Å². The van der Waals surface area contributed by atoms with Crippen LogP contribution in [-0.4, -0.2) is 44.6 Å². The number of esters is 1. The smallest absolute Gasteiger partial charge is 0.341 e. The molecule has 1 heterocycles. The van der Waals surface area contributed by atoms with Gasteiger partial charge in [0.15, 0.2) is 0 Å². The first-order chi connectivity index (χ1) is 9.47. The van der Waals surface area contributed by atoms with Gasteiger partial charge in [-0.15, -0.1) is 0 Å². The van der Waals surface area contributed by atoms with Crippen LogP contribution >= 0.6 is 0 Å². The van der Waals surface area contributed by atoms with Crippen molar-refractivity contribution >= 4 is 16.8 Å². The van der Waals surface area contributed by atoms with E-state index in [-0.39, 0.29) is 11.2 Å². The predicted molar refractivity (Wildman–Crippen MR) is 79.0 cm³/mol. The van der Waals surface area contributed by atoms with Crippen molar-refractivity contribution < 1.29 is 13.7 Å². The molecule has 0 aliphatic carbocycles. The van der Waals surface area contributed by atoms with E-state index in [4.69, 9.17) is 4.74 Å². The Kier molecular flexibility index (Phi) is 6.87. The second-order valence-corrected chi connectivity index (χ2v) is 6.43. The highest BCUT2D eigenvalue weighted by Crippen LogP contribution is 2.09. The van der Waals surface area contributed by atoms with E-state index in [2.05, 4.69) is 10.4 Å². The van der Waals surface area contributed by atoms with Crippen LogP contribution in [0.2, 0.25) is 0 Å². The van der Waals surface area contributed by atoms with E-state index < -0.39 is 10.8 Å². The van der Waals surface area contributed by atoms with Crippen molar-refractivity contribution in [3.63, 3.8) is 0 Å². The number of aryl methyl sites for hydroxylation is 1. The van der Waals surface area contributed by atoms with Gasteiger partial charge in [0.2, 0.25) is 0 Å². The summed E-state index contributed by atoms with van der Waals surface area (Å²) in [5.74, 6) is -0.347. The van der Waals surface area contributed by atoms with Gasteiger partial charge in [-0.05, 0) is 19.9 Å². The second kappa shape index (κ2) is 8.16. The fourth-order valence-corrected chi connectivity index (χ4v) is 2.18. The molecule has 1 N–H and O–H groups in total. The predicted octanol–water partition coefficient (Wildman–Crippen LogP) is 0.843. The molecule has 0 bridgehead atoms. The molecule has 0 amide bonds. The van der Waals surface area contributed by atoms with Gasteiger partial charge < -0.3 is 10.1 Å². The van der Waals surface area contributed by atoms with Crippen molar-refractivity contribution in [3.05, 3.63) is 17.5 Å². The quantitative estimate of drug-likeness (QED) is 0.569. The molecule has 0 saturated heterocycles. The lowest BCUT2D eigenvalue weighted by molar-refractivity contribution is 0.0524. The van der Waals surface area contributed by atoms with E-state index in [0.717, 1.165) is 18.7 Å². The third-order valence-electron chi connectivity index (χ3n) is 3.14. The standard InChI is InChI=1S/C13H23N3O3S/c1-5-19-13(17)11-8-15-16(3)12(11)9-14-7-6-10(2)20(4)18/h8,10,14H,5-7,9H2,1-4H3. The Morgan fingerprint density at radius 2 is 2.30 bits per heavy atom. The topological polar surface area (TPSA) is 73.2 Å². The van der Waals surface area contributed by atoms with Crippen molar-refractivity contribution in [2.45, 2.75) is 32.1 Å². The maximum absolute atomic E-state index is 11.8. The lowest BCUT2D eigenvalue weighted by Crippen LogP contribution is -2.23. The second-order valence-electron chi connectivity index (χ2n) is 4.62. The van der Waals surface area contributed by atoms with E-state index in [9.17, 15) is 9.00 Å². The minimum Gasteiger partial charge on any atom is -0.462 e. The Labute approximate surface area is 122 Å². The highest BCUT2D eigenvalue weighted by Gasteiger charge is 2.16. The number of ether oxygens (including phenoxy) is 1. The normalized spacial score (nSPS) is 14.0. The van der Waals surface area contributed by atoms with Gasteiger partial charge in [-0.2, -0.15) is 5.10 Å². The zero-order valence-electron chi connectivity index (χ0n) is 12.5. The summed E-state index contributed by atoms with van der Waals surface area (Å²) in [7, 11) is 0.994. The summed E-state index contributed by atoms with van der Waals surface area (Å²) in [6.45, 7) is 5.37. The molecular formula is C13H23N3O3S. The summed E-state index contributed by atoms with van der Waals surface area (Å²) in [6, 6.07) is 0. The number of nitrogens with zero attached hydrogens (tertiary/aromatic N) is 2. The van der Waals surface area contributed by atoms with Gasteiger partial charge in [0, 0.05) is 35.9 Å². The number of aromatic nitrogens is 2. The molecule has 0 saturated carbocycles. The van der Waals surface area contributed by atoms with Crippen LogP contribution in [0.5, 0.6) is 0 Å². The largest absolute Gasteiger partial charge is 0.462 e. The average molecular weight is 301 g/mol. The number of hydrogen-bond donors (Lipinski definition) is 1. The van der Waals surface area contributed by atoms with E-state index in [1.807, 2.05) is 6.92 Å². The first-order valence-electron chi connectivity index (χ1n) is 6.68. The molecule has 1 aromatic heterocycles. The Bertz CT molecular complexity index is 473. The molecule has 20 heavy (non-hydrogen) atoms. The summed E-state index contributed by atoms with van der Waals surface area (Å²) in [4.78, 5) is 11.8. The van der Waals surface area contributed by atoms with Crippen molar-refractivity contribution in [1.82, 2.24) is 15.1 Å². The van der Waals surface area contributed by atoms with Crippen molar-refractivity contribution in [1.29, 1.82) is 0 Å². The maximum Gasteiger partial charge on any atom is 0.341 e. The summed E-state index contributed by atoms with van der Waals surface area (Å²) < 4.78 is 17.9. The van der Waals surface area contributed by atoms with Gasteiger partial charge in [-0.3, -0.25) is 8.89 Å². The van der Waals surface area contributed by atoms with Crippen LogP contribution < -0.4 is 5.32 Å². The fourth-order valence-electron chi connectivity index (χ4n) is 1.73. The van der Waals surface area contributed by atoms with Crippen LogP contribution in [0.1, 0.15) is 36.3 Å². The fraction of sp³-hybridized carbons (Fsp3) is 0.692. The first-order valence-corrected chi connectivity index (χ1v) is 8.30. The van der Waals surface area contributed by atoms with Crippen molar-refractivity contribution in [3.8, 4) is 0 Å². The molecule has 1 aromatic rings. The summed E-state index contributed by atoms with van der Waals surface area (Å²) >= 11 is 0. The first kappa shape index (κ1) is 16.8. The molecule has 7 heteroatoms. The molecule has 114 valence electrons. The molecule has 6 nitrogen and oxygen atoms in total. The number of carbonyl (C=O) groups excluding carboxylic acids is 1. The van der Waals surface area contributed by atoms with Crippen LogP contribution in [0.25, 0.3) is 0 Å². The third-order valence-corrected chi connectivity index (χ3v) is 4.51. The average Bonchev–Trinajstić information content (AvgIpc) is 2.76. The van der Waals surface area contributed by atoms with Gasteiger partial charge in [0.05, 0.1) is 18.5 Å². The molecule has 2 atom stereocenters. The van der Waals surface area contributed by atoms with Crippen molar-refractivity contribution in [2.24, 2.45) is 7.05 Å². The molecule has 0 spiro atoms. The zero-order chi connectivity index (χ0) is 15.1. The zero-order valence-corrected chi connectivity index (χ0v) is 13.3. The third kappa shape index (κ3) is 4.72. The van der Waals surface area contributed by atoms with E-state index >= 15 is 0 Å². The summed E-state index contributed by atoms with van der Waals surface area (Å²) in [5.41, 5.74) is 1.29. The maximum atomic E-state index is 11.8. The SMILES string of the molecule is CCOC(=O)c1cnn(C)c1CNCCC(C)S(C)=O. The van der Waals surface area contributed by atoms with Gasteiger partial charge in [0.25, 0.3) is 0 Å². The molecule has 2 unspecified atom stereocenters. The molecule has 0 aliphatic heterocycles. The van der Waals surface area contributed by atoms with Crippen LogP contribution in [0.15, 0.2) is 6.20 Å². The minimum atomic E-state index is -0.801. The molecule has 1 rings (SSSR count). The molecular weight excluding hydrogens is 278 g/mol. The highest BCUT2D eigenvalue weighted by atomic mass is 32.2. The monoisotopic (exact) mass is 301 g/mol. The molecule has 0 aromatic carbocycles. The number of nitrogens with one attached hydrogen (secondary N) is 1. The van der Waals surface area contributed by atoms with E-state index in [1.165, 1.54) is 6.20 Å². The Hall–Kier alpha value is -1.21.